The minimum Gasteiger partial charge on any atom is -0.494 e. The summed E-state index contributed by atoms with van der Waals surface area (Å²) >= 11 is 0. The van der Waals surface area contributed by atoms with E-state index in [9.17, 15) is 0 Å². The summed E-state index contributed by atoms with van der Waals surface area (Å²) in [7, 11) is 0. The van der Waals surface area contributed by atoms with Crippen molar-refractivity contribution in [1.29, 1.82) is 0 Å². The summed E-state index contributed by atoms with van der Waals surface area (Å²) in [4.78, 5) is 0. The fourth-order valence-electron chi connectivity index (χ4n) is 1.76. The molecule has 0 radical (unpaired) electrons. The summed E-state index contributed by atoms with van der Waals surface area (Å²) in [6.45, 7) is 7.64. The quantitative estimate of drug-likeness (QED) is 0.755. The molecule has 1 aromatic carbocycles. The van der Waals surface area contributed by atoms with E-state index in [-0.39, 0.29) is 0 Å². The minimum absolute atomic E-state index is 0.389. The van der Waals surface area contributed by atoms with Crippen LogP contribution in [0.5, 0.6) is 5.75 Å². The Hall–Kier alpha value is -1.88. The highest BCUT2D eigenvalue weighted by Crippen LogP contribution is 2.21. The Labute approximate surface area is 125 Å². The lowest BCUT2D eigenvalue weighted by atomic mass is 10.2. The van der Waals surface area contributed by atoms with Gasteiger partial charge in [-0.05, 0) is 30.7 Å². The van der Waals surface area contributed by atoms with E-state index in [1.54, 1.807) is 0 Å². The van der Waals surface area contributed by atoms with Gasteiger partial charge in [-0.3, -0.25) is 0 Å². The topological polar surface area (TPSA) is 60.2 Å². The van der Waals surface area contributed by atoms with Gasteiger partial charge in [-0.15, -0.1) is 10.2 Å². The van der Waals surface area contributed by atoms with Crippen LogP contribution in [0, 0.1) is 0 Å². The second-order valence-corrected chi connectivity index (χ2v) is 5.26. The summed E-state index contributed by atoms with van der Waals surface area (Å²) < 4.78 is 11.3. The first-order chi connectivity index (χ1) is 10.2. The van der Waals surface area contributed by atoms with Crippen molar-refractivity contribution in [1.82, 2.24) is 15.5 Å². The molecule has 0 aliphatic heterocycles. The summed E-state index contributed by atoms with van der Waals surface area (Å²) in [5, 5.41) is 11.4. The highest BCUT2D eigenvalue weighted by Gasteiger charge is 2.08. The molecule has 1 heterocycles. The van der Waals surface area contributed by atoms with Gasteiger partial charge in [-0.2, -0.15) is 0 Å². The third-order valence-corrected chi connectivity index (χ3v) is 3.00. The highest BCUT2D eigenvalue weighted by atomic mass is 16.5. The first-order valence-electron chi connectivity index (χ1n) is 7.48. The number of unbranched alkanes of at least 4 members (excludes halogenated alkanes) is 1. The van der Waals surface area contributed by atoms with Crippen LogP contribution in [0.1, 0.15) is 39.5 Å². The molecule has 0 fully saturated rings. The van der Waals surface area contributed by atoms with Crippen molar-refractivity contribution in [3.05, 3.63) is 30.2 Å². The molecule has 0 bridgehead atoms. The third kappa shape index (κ3) is 4.86. The Balaban J connectivity index is 1.95. The molecule has 0 aliphatic rings. The lowest BCUT2D eigenvalue weighted by Gasteiger charge is -2.05. The summed E-state index contributed by atoms with van der Waals surface area (Å²) in [6, 6.07) is 8.13. The van der Waals surface area contributed by atoms with E-state index < -0.39 is 0 Å². The normalized spacial score (nSPS) is 11.0. The number of aromatic nitrogens is 2. The molecule has 1 N–H and O–H groups in total. The average Bonchev–Trinajstić information content (AvgIpc) is 2.95. The van der Waals surface area contributed by atoms with Crippen LogP contribution in [-0.4, -0.2) is 22.8 Å². The number of hydrogen-bond acceptors (Lipinski definition) is 5. The van der Waals surface area contributed by atoms with Gasteiger partial charge in [0.15, 0.2) is 0 Å². The maximum Gasteiger partial charge on any atom is 0.247 e. The zero-order valence-electron chi connectivity index (χ0n) is 12.9. The molecule has 1 aromatic heterocycles. The molecular weight excluding hydrogens is 266 g/mol. The standard InChI is InChI=1S/C16H23N3O2/c1-4-5-10-20-14-8-6-13(7-9-14)16-19-18-15(21-16)11-17-12(2)3/h6-9,12,17H,4-5,10-11H2,1-3H3. The molecule has 0 aliphatic carbocycles. The highest BCUT2D eigenvalue weighted by molar-refractivity contribution is 5.53. The van der Waals surface area contributed by atoms with Crippen molar-refractivity contribution in [2.75, 3.05) is 6.61 Å². The Morgan fingerprint density at radius 2 is 1.95 bits per heavy atom. The van der Waals surface area contributed by atoms with Crippen LogP contribution in [0.4, 0.5) is 0 Å². The van der Waals surface area contributed by atoms with Gasteiger partial charge in [-0.25, -0.2) is 0 Å². The number of hydrogen-bond donors (Lipinski definition) is 1. The third-order valence-electron chi connectivity index (χ3n) is 3.00. The number of benzene rings is 1. The summed E-state index contributed by atoms with van der Waals surface area (Å²) in [5.41, 5.74) is 0.904. The second-order valence-electron chi connectivity index (χ2n) is 5.26. The fraction of sp³-hybridized carbons (Fsp3) is 0.500. The molecule has 2 aromatic rings. The minimum atomic E-state index is 0.389. The predicted octanol–water partition coefficient (Wildman–Crippen LogP) is 3.41. The van der Waals surface area contributed by atoms with Gasteiger partial charge in [0, 0.05) is 11.6 Å². The molecule has 0 atom stereocenters. The fourth-order valence-corrected chi connectivity index (χ4v) is 1.76. The second kappa shape index (κ2) is 7.78. The zero-order chi connectivity index (χ0) is 15.1. The van der Waals surface area contributed by atoms with Crippen molar-refractivity contribution in [3.63, 3.8) is 0 Å². The van der Waals surface area contributed by atoms with E-state index in [1.807, 2.05) is 24.3 Å². The molecule has 2 rings (SSSR count). The van der Waals surface area contributed by atoms with Crippen LogP contribution in [0.15, 0.2) is 28.7 Å². The van der Waals surface area contributed by atoms with Crippen molar-refractivity contribution in [3.8, 4) is 17.2 Å². The molecular formula is C16H23N3O2. The van der Waals surface area contributed by atoms with Gasteiger partial charge in [0.1, 0.15) is 5.75 Å². The monoisotopic (exact) mass is 289 g/mol. The van der Waals surface area contributed by atoms with Gasteiger partial charge >= 0.3 is 0 Å². The number of nitrogens with zero attached hydrogens (tertiary/aromatic N) is 2. The summed E-state index contributed by atoms with van der Waals surface area (Å²) in [5.74, 6) is 2.01. The van der Waals surface area contributed by atoms with Gasteiger partial charge in [0.05, 0.1) is 13.2 Å². The Kier molecular flexibility index (Phi) is 5.75. The van der Waals surface area contributed by atoms with Crippen molar-refractivity contribution < 1.29 is 9.15 Å². The van der Waals surface area contributed by atoms with Crippen LogP contribution in [-0.2, 0) is 6.54 Å². The Morgan fingerprint density at radius 3 is 2.62 bits per heavy atom. The summed E-state index contributed by atoms with van der Waals surface area (Å²) in [6.07, 6.45) is 2.20. The lowest BCUT2D eigenvalue weighted by Crippen LogP contribution is -2.21. The van der Waals surface area contributed by atoms with E-state index >= 15 is 0 Å². The van der Waals surface area contributed by atoms with Crippen molar-refractivity contribution in [2.24, 2.45) is 0 Å². The predicted molar refractivity (Wildman–Crippen MR) is 82.1 cm³/mol. The molecule has 5 heteroatoms. The molecule has 0 saturated heterocycles. The Morgan fingerprint density at radius 1 is 1.19 bits per heavy atom. The molecule has 0 spiro atoms. The SMILES string of the molecule is CCCCOc1ccc(-c2nnc(CNC(C)C)o2)cc1. The number of nitrogens with one attached hydrogen (secondary N) is 1. The van der Waals surface area contributed by atoms with Crippen LogP contribution in [0.3, 0.4) is 0 Å². The molecule has 0 saturated carbocycles. The van der Waals surface area contributed by atoms with E-state index in [0.29, 0.717) is 24.4 Å². The molecule has 5 nitrogen and oxygen atoms in total. The van der Waals surface area contributed by atoms with Crippen LogP contribution in [0.2, 0.25) is 0 Å². The Bertz CT molecular complexity index is 535. The smallest absolute Gasteiger partial charge is 0.247 e. The molecule has 21 heavy (non-hydrogen) atoms. The van der Waals surface area contributed by atoms with Crippen LogP contribution < -0.4 is 10.1 Å². The molecule has 0 amide bonds. The maximum absolute atomic E-state index is 5.63. The van der Waals surface area contributed by atoms with E-state index in [2.05, 4.69) is 36.3 Å². The van der Waals surface area contributed by atoms with Crippen LogP contribution >= 0.6 is 0 Å². The van der Waals surface area contributed by atoms with Crippen LogP contribution in [0.25, 0.3) is 11.5 Å². The number of ether oxygens (including phenoxy) is 1. The van der Waals surface area contributed by atoms with Gasteiger partial charge in [0.25, 0.3) is 0 Å². The average molecular weight is 289 g/mol. The molecule has 114 valence electrons. The van der Waals surface area contributed by atoms with E-state index in [0.717, 1.165) is 30.8 Å². The van der Waals surface area contributed by atoms with Crippen molar-refractivity contribution >= 4 is 0 Å². The van der Waals surface area contributed by atoms with Gasteiger partial charge in [-0.1, -0.05) is 27.2 Å². The van der Waals surface area contributed by atoms with E-state index in [1.165, 1.54) is 0 Å². The first-order valence-corrected chi connectivity index (χ1v) is 7.48. The number of rotatable bonds is 8. The van der Waals surface area contributed by atoms with Gasteiger partial charge in [0.2, 0.25) is 11.8 Å². The van der Waals surface area contributed by atoms with Gasteiger partial charge < -0.3 is 14.5 Å². The zero-order valence-corrected chi connectivity index (χ0v) is 12.9. The largest absolute Gasteiger partial charge is 0.494 e. The first kappa shape index (κ1) is 15.5. The maximum atomic E-state index is 5.63. The van der Waals surface area contributed by atoms with Crippen molar-refractivity contribution in [2.45, 2.75) is 46.2 Å². The van der Waals surface area contributed by atoms with E-state index in [4.69, 9.17) is 9.15 Å². The lowest BCUT2D eigenvalue weighted by molar-refractivity contribution is 0.309. The molecule has 0 unspecified atom stereocenters.